The molecule has 0 aliphatic rings. The van der Waals surface area contributed by atoms with Crippen LogP contribution >= 0.6 is 0 Å². The fourth-order valence-electron chi connectivity index (χ4n) is 1.08. The molecule has 2 aromatic rings. The third-order valence-corrected chi connectivity index (χ3v) is 2.43. The average molecular weight is 374 g/mol. The monoisotopic (exact) mass is 374 g/mol. The molecule has 0 saturated carbocycles. The summed E-state index contributed by atoms with van der Waals surface area (Å²) in [5, 5.41) is 21.1. The van der Waals surface area contributed by atoms with Gasteiger partial charge >= 0.3 is 11.9 Å². The van der Waals surface area contributed by atoms with Crippen LogP contribution in [-0.4, -0.2) is 22.2 Å². The van der Waals surface area contributed by atoms with E-state index in [4.69, 9.17) is 10.2 Å². The maximum atomic E-state index is 10.6. The Morgan fingerprint density at radius 3 is 1.19 bits per heavy atom. The number of carbonyl (C=O) groups excluding carboxylic acids is 2. The van der Waals surface area contributed by atoms with Crippen LogP contribution in [0.4, 0.5) is 0 Å². The first-order chi connectivity index (χ1) is 12.7. The van der Waals surface area contributed by atoms with Crippen LogP contribution in [0.5, 0.6) is 11.5 Å². The zero-order valence-electron chi connectivity index (χ0n) is 15.1. The van der Waals surface area contributed by atoms with Gasteiger partial charge in [0.1, 0.15) is 11.5 Å². The summed E-state index contributed by atoms with van der Waals surface area (Å²) in [5.74, 6) is -0.978. The van der Waals surface area contributed by atoms with Crippen LogP contribution in [0.2, 0.25) is 0 Å². The summed E-state index contributed by atoms with van der Waals surface area (Å²) < 4.78 is 0. The Labute approximate surface area is 157 Å². The first-order valence-electron chi connectivity index (χ1n) is 7.63. The molecule has 2 N–H and O–H groups in total. The smallest absolute Gasteiger partial charge is 0.372 e. The lowest BCUT2D eigenvalue weighted by Gasteiger charge is -2.00. The van der Waals surface area contributed by atoms with E-state index in [1.807, 2.05) is 12.1 Å². The predicted octanol–water partition coefficient (Wildman–Crippen LogP) is 3.86. The van der Waals surface area contributed by atoms with Gasteiger partial charge in [0.15, 0.2) is 0 Å². The minimum Gasteiger partial charge on any atom is -0.508 e. The lowest BCUT2D eigenvalue weighted by Crippen LogP contribution is -2.11. The lowest BCUT2D eigenvalue weighted by molar-refractivity contribution is -0.456. The van der Waals surface area contributed by atoms with Gasteiger partial charge in [-0.05, 0) is 38.1 Å². The van der Waals surface area contributed by atoms with Crippen LogP contribution < -0.4 is 0 Å². The van der Waals surface area contributed by atoms with Crippen LogP contribution in [0.1, 0.15) is 13.8 Å². The van der Waals surface area contributed by atoms with E-state index in [9.17, 15) is 9.59 Å². The molecule has 144 valence electrons. The molecule has 0 fully saturated rings. The van der Waals surface area contributed by atoms with Gasteiger partial charge in [-0.3, -0.25) is 9.78 Å². The van der Waals surface area contributed by atoms with E-state index in [-0.39, 0.29) is 11.1 Å². The fraction of sp³-hybridized carbons (Fsp3) is 0.100. The number of rotatable bonds is 4. The van der Waals surface area contributed by atoms with Crippen molar-refractivity contribution < 1.29 is 34.6 Å². The lowest BCUT2D eigenvalue weighted by atomic mass is 10.3. The Bertz CT molecular complexity index is 661. The summed E-state index contributed by atoms with van der Waals surface area (Å²) in [5.41, 5.74) is 0.262. The molecule has 27 heavy (non-hydrogen) atoms. The van der Waals surface area contributed by atoms with Gasteiger partial charge in [-0.25, -0.2) is 9.59 Å². The molecule has 0 bridgehead atoms. The Morgan fingerprint density at radius 1 is 0.704 bits per heavy atom. The highest BCUT2D eigenvalue weighted by atomic mass is 17.5. The van der Waals surface area contributed by atoms with E-state index >= 15 is 0 Å². The molecule has 2 aromatic carbocycles. The van der Waals surface area contributed by atoms with E-state index in [0.29, 0.717) is 11.5 Å². The van der Waals surface area contributed by atoms with Gasteiger partial charge in [-0.15, -0.1) is 0 Å². The van der Waals surface area contributed by atoms with Gasteiger partial charge in [0.05, 0.1) is 0 Å². The number of hydrogen-bond acceptors (Lipinski definition) is 7. The van der Waals surface area contributed by atoms with Gasteiger partial charge in [0.2, 0.25) is 0 Å². The number of benzene rings is 2. The number of aromatic hydroxyl groups is 2. The van der Waals surface area contributed by atoms with Crippen molar-refractivity contribution in [3.63, 3.8) is 0 Å². The van der Waals surface area contributed by atoms with Crippen LogP contribution in [0.3, 0.4) is 0 Å². The number of carbonyl (C=O) groups is 2. The molecule has 0 atom stereocenters. The minimum absolute atomic E-state index is 0.131. The van der Waals surface area contributed by atoms with Crippen molar-refractivity contribution in [3.05, 3.63) is 85.0 Å². The molecule has 0 saturated heterocycles. The van der Waals surface area contributed by atoms with E-state index in [2.05, 4.69) is 28.0 Å². The summed E-state index contributed by atoms with van der Waals surface area (Å²) in [6, 6.07) is 17.4. The number of phenolic OH excluding ortho intramolecular Hbond substituents is 2. The van der Waals surface area contributed by atoms with Crippen LogP contribution in [0.25, 0.3) is 0 Å². The van der Waals surface area contributed by atoms with Crippen molar-refractivity contribution >= 4 is 11.9 Å². The van der Waals surface area contributed by atoms with Crippen LogP contribution in [0, 0.1) is 0 Å². The third kappa shape index (κ3) is 13.4. The molecule has 0 radical (unpaired) electrons. The predicted molar refractivity (Wildman–Crippen MR) is 99.1 cm³/mol. The maximum absolute atomic E-state index is 10.6. The van der Waals surface area contributed by atoms with Gasteiger partial charge < -0.3 is 10.2 Å². The number of para-hydroxylation sites is 2. The van der Waals surface area contributed by atoms with Gasteiger partial charge in [0.25, 0.3) is 0 Å². The second-order valence-corrected chi connectivity index (χ2v) is 5.04. The topological polar surface area (TPSA) is 102 Å². The minimum atomic E-state index is -0.811. The van der Waals surface area contributed by atoms with Gasteiger partial charge in [-0.1, -0.05) is 49.6 Å². The zero-order chi connectivity index (χ0) is 20.7. The standard InChI is InChI=1S/C8H10O5.2C6H6O/c1-5(2)7(9)11-13-12-8(10)6(3)4;2*7-6-4-2-1-3-5-6/h1,3H2,2,4H3;2*1-5,7H. The second-order valence-electron chi connectivity index (χ2n) is 5.04. The molecule has 0 heterocycles. The van der Waals surface area contributed by atoms with Crippen molar-refractivity contribution in [1.29, 1.82) is 0 Å². The molecule has 0 aliphatic carbocycles. The molecular weight excluding hydrogens is 352 g/mol. The van der Waals surface area contributed by atoms with E-state index in [0.717, 1.165) is 0 Å². The average Bonchev–Trinajstić information content (AvgIpc) is 2.63. The highest BCUT2D eigenvalue weighted by Crippen LogP contribution is 2.03. The first-order valence-corrected chi connectivity index (χ1v) is 7.63. The van der Waals surface area contributed by atoms with E-state index < -0.39 is 11.9 Å². The molecule has 0 aromatic heterocycles. The first kappa shape index (κ1) is 23.4. The van der Waals surface area contributed by atoms with Crippen molar-refractivity contribution in [3.8, 4) is 11.5 Å². The van der Waals surface area contributed by atoms with Crippen molar-refractivity contribution in [2.24, 2.45) is 0 Å². The number of phenols is 2. The molecule has 7 nitrogen and oxygen atoms in total. The molecule has 0 amide bonds. The summed E-state index contributed by atoms with van der Waals surface area (Å²) in [4.78, 5) is 29.3. The Morgan fingerprint density at radius 2 is 1.00 bits per heavy atom. The highest BCUT2D eigenvalue weighted by Gasteiger charge is 2.08. The Balaban J connectivity index is 0.000000405. The van der Waals surface area contributed by atoms with Gasteiger partial charge in [0, 0.05) is 16.2 Å². The quantitative estimate of drug-likeness (QED) is 0.476. The summed E-state index contributed by atoms with van der Waals surface area (Å²) in [6.45, 7) is 9.40. The zero-order valence-corrected chi connectivity index (χ0v) is 15.1. The summed E-state index contributed by atoms with van der Waals surface area (Å²) >= 11 is 0. The molecule has 0 spiro atoms. The molecule has 7 heteroatoms. The Kier molecular flexibility index (Phi) is 11.9. The maximum Gasteiger partial charge on any atom is 0.372 e. The SMILES string of the molecule is C=C(C)C(=O)OOOC(=O)C(=C)C.Oc1ccccc1.Oc1ccccc1. The van der Waals surface area contributed by atoms with E-state index in [1.165, 1.54) is 13.8 Å². The largest absolute Gasteiger partial charge is 0.508 e. The second kappa shape index (κ2) is 13.7. The summed E-state index contributed by atoms with van der Waals surface area (Å²) in [7, 11) is 0. The molecular formula is C20H22O7. The van der Waals surface area contributed by atoms with Crippen molar-refractivity contribution in [1.82, 2.24) is 0 Å². The van der Waals surface area contributed by atoms with Crippen LogP contribution in [-0.2, 0) is 24.4 Å². The molecule has 2 rings (SSSR count). The van der Waals surface area contributed by atoms with Crippen molar-refractivity contribution in [2.75, 3.05) is 0 Å². The molecule has 0 aliphatic heterocycles. The summed E-state index contributed by atoms with van der Waals surface area (Å²) in [6.07, 6.45) is 0. The highest BCUT2D eigenvalue weighted by molar-refractivity contribution is 5.87. The molecule has 0 unspecified atom stereocenters. The van der Waals surface area contributed by atoms with Crippen LogP contribution in [0.15, 0.2) is 85.0 Å². The Hall–Kier alpha value is -3.58. The number of hydrogen-bond donors (Lipinski definition) is 2. The van der Waals surface area contributed by atoms with E-state index in [1.54, 1.807) is 48.5 Å². The third-order valence-electron chi connectivity index (χ3n) is 2.43. The van der Waals surface area contributed by atoms with Gasteiger partial charge in [-0.2, -0.15) is 0 Å². The normalized spacial score (nSPS) is 8.67. The fourth-order valence-corrected chi connectivity index (χ4v) is 1.08. The van der Waals surface area contributed by atoms with Crippen molar-refractivity contribution in [2.45, 2.75) is 13.8 Å².